The highest BCUT2D eigenvalue weighted by molar-refractivity contribution is 5.39. The topological polar surface area (TPSA) is 21.3 Å². The van der Waals surface area contributed by atoms with Crippen LogP contribution in [0.2, 0.25) is 0 Å². The van der Waals surface area contributed by atoms with Crippen LogP contribution in [-0.2, 0) is 0 Å². The van der Waals surface area contributed by atoms with Gasteiger partial charge in [-0.2, -0.15) is 0 Å². The lowest BCUT2D eigenvalue weighted by molar-refractivity contribution is 0.394. The number of nitrogens with one attached hydrogen (secondary N) is 1. The summed E-state index contributed by atoms with van der Waals surface area (Å²) in [6.45, 7) is 5.14. The molecule has 98 valence electrons. The van der Waals surface area contributed by atoms with E-state index in [1.165, 1.54) is 11.1 Å². The van der Waals surface area contributed by atoms with Gasteiger partial charge in [0.15, 0.2) is 0 Å². The van der Waals surface area contributed by atoms with Gasteiger partial charge >= 0.3 is 0 Å². The average molecular weight is 245 g/mol. The highest BCUT2D eigenvalue weighted by atomic mass is 16.5. The number of unbranched alkanes of at least 4 members (excludes halogenated alkanes) is 1. The molecule has 0 saturated carbocycles. The normalized spacial score (nSPS) is 11.9. The molecule has 0 fully saturated rings. The number of terminal acetylenes is 1. The molecule has 0 aliphatic heterocycles. The third-order valence-electron chi connectivity index (χ3n) is 3.03. The first kappa shape index (κ1) is 14.6. The van der Waals surface area contributed by atoms with Gasteiger partial charge in [0, 0.05) is 18.0 Å². The fraction of sp³-hybridized carbons (Fsp3) is 0.500. The van der Waals surface area contributed by atoms with Crippen LogP contribution in [-0.4, -0.2) is 13.7 Å². The second kappa shape index (κ2) is 7.79. The third kappa shape index (κ3) is 4.09. The van der Waals surface area contributed by atoms with E-state index in [0.29, 0.717) is 6.04 Å². The zero-order valence-corrected chi connectivity index (χ0v) is 11.6. The van der Waals surface area contributed by atoms with Crippen molar-refractivity contribution < 1.29 is 4.74 Å². The van der Waals surface area contributed by atoms with E-state index in [9.17, 15) is 0 Å². The zero-order valence-electron chi connectivity index (χ0n) is 11.6. The molecular weight excluding hydrogens is 222 g/mol. The Labute approximate surface area is 111 Å². The first-order valence-corrected chi connectivity index (χ1v) is 6.54. The number of hydrogen-bond donors (Lipinski definition) is 1. The van der Waals surface area contributed by atoms with E-state index >= 15 is 0 Å². The predicted octanol–water partition coefficient (Wildman–Crippen LogP) is 3.46. The highest BCUT2D eigenvalue weighted by Gasteiger charge is 2.14. The van der Waals surface area contributed by atoms with Crippen LogP contribution in [0.25, 0.3) is 0 Å². The summed E-state index contributed by atoms with van der Waals surface area (Å²) in [4.78, 5) is 0. The highest BCUT2D eigenvalue weighted by Crippen LogP contribution is 2.29. The molecule has 0 spiro atoms. The second-order valence-corrected chi connectivity index (χ2v) is 4.45. The van der Waals surface area contributed by atoms with Crippen LogP contribution >= 0.6 is 0 Å². The molecule has 1 rings (SSSR count). The minimum atomic E-state index is 0.318. The number of hydrogen-bond acceptors (Lipinski definition) is 2. The van der Waals surface area contributed by atoms with Crippen molar-refractivity contribution in [3.8, 4) is 18.1 Å². The van der Waals surface area contributed by atoms with E-state index in [-0.39, 0.29) is 0 Å². The molecule has 0 amide bonds. The Kier molecular flexibility index (Phi) is 6.32. The summed E-state index contributed by atoms with van der Waals surface area (Å²) in [6, 6.07) is 6.68. The molecule has 1 aromatic carbocycles. The van der Waals surface area contributed by atoms with Crippen molar-refractivity contribution in [3.63, 3.8) is 0 Å². The summed E-state index contributed by atoms with van der Waals surface area (Å²) in [5.74, 6) is 3.66. The Hall–Kier alpha value is -1.46. The fourth-order valence-electron chi connectivity index (χ4n) is 2.13. The minimum Gasteiger partial charge on any atom is -0.496 e. The van der Waals surface area contributed by atoms with Crippen molar-refractivity contribution in [3.05, 3.63) is 29.3 Å². The maximum absolute atomic E-state index is 5.48. The van der Waals surface area contributed by atoms with Crippen molar-refractivity contribution in [2.45, 2.75) is 39.2 Å². The van der Waals surface area contributed by atoms with Crippen LogP contribution < -0.4 is 10.1 Å². The van der Waals surface area contributed by atoms with Crippen molar-refractivity contribution in [2.75, 3.05) is 13.7 Å². The van der Waals surface area contributed by atoms with Gasteiger partial charge in [0.05, 0.1) is 7.11 Å². The van der Waals surface area contributed by atoms with Gasteiger partial charge in [0.1, 0.15) is 5.75 Å². The van der Waals surface area contributed by atoms with Crippen molar-refractivity contribution >= 4 is 0 Å². The van der Waals surface area contributed by atoms with Crippen LogP contribution in [0, 0.1) is 19.3 Å². The van der Waals surface area contributed by atoms with Gasteiger partial charge in [-0.15, -0.1) is 12.3 Å². The first-order chi connectivity index (χ1) is 8.72. The Morgan fingerprint density at radius 2 is 2.22 bits per heavy atom. The lowest BCUT2D eigenvalue weighted by Crippen LogP contribution is -2.21. The molecule has 0 radical (unpaired) electrons. The van der Waals surface area contributed by atoms with E-state index in [1.54, 1.807) is 7.11 Å². The summed E-state index contributed by atoms with van der Waals surface area (Å²) in [5, 5.41) is 3.50. The fourth-order valence-corrected chi connectivity index (χ4v) is 2.13. The van der Waals surface area contributed by atoms with Gasteiger partial charge in [0.2, 0.25) is 0 Å². The molecule has 2 nitrogen and oxygen atoms in total. The van der Waals surface area contributed by atoms with Crippen molar-refractivity contribution in [1.29, 1.82) is 0 Å². The molecule has 0 aliphatic rings. The molecule has 0 aromatic heterocycles. The zero-order chi connectivity index (χ0) is 13.4. The Morgan fingerprint density at radius 3 is 2.83 bits per heavy atom. The number of aryl methyl sites for hydroxylation is 1. The maximum atomic E-state index is 5.48. The monoisotopic (exact) mass is 245 g/mol. The van der Waals surface area contributed by atoms with Crippen molar-refractivity contribution in [1.82, 2.24) is 5.32 Å². The van der Waals surface area contributed by atoms with E-state index in [4.69, 9.17) is 11.2 Å². The molecular formula is C16H23NO. The maximum Gasteiger partial charge on any atom is 0.123 e. The Morgan fingerprint density at radius 1 is 1.44 bits per heavy atom. The quantitative estimate of drug-likeness (QED) is 0.587. The third-order valence-corrected chi connectivity index (χ3v) is 3.03. The van der Waals surface area contributed by atoms with E-state index < -0.39 is 0 Å². The minimum absolute atomic E-state index is 0.318. The molecule has 18 heavy (non-hydrogen) atoms. The van der Waals surface area contributed by atoms with Crippen LogP contribution in [0.15, 0.2) is 18.2 Å². The van der Waals surface area contributed by atoms with Crippen LogP contribution in [0.4, 0.5) is 0 Å². The largest absolute Gasteiger partial charge is 0.496 e. The van der Waals surface area contributed by atoms with Crippen molar-refractivity contribution in [2.24, 2.45) is 0 Å². The molecule has 0 bridgehead atoms. The number of ether oxygens (including phenoxy) is 1. The lowest BCUT2D eigenvalue weighted by Gasteiger charge is -2.21. The molecule has 0 aliphatic carbocycles. The molecule has 1 atom stereocenters. The number of rotatable bonds is 7. The van der Waals surface area contributed by atoms with Gasteiger partial charge in [-0.25, -0.2) is 0 Å². The van der Waals surface area contributed by atoms with Gasteiger partial charge < -0.3 is 10.1 Å². The predicted molar refractivity (Wildman–Crippen MR) is 76.8 cm³/mol. The summed E-state index contributed by atoms with van der Waals surface area (Å²) < 4.78 is 5.48. The molecule has 0 heterocycles. The smallest absolute Gasteiger partial charge is 0.123 e. The van der Waals surface area contributed by atoms with Gasteiger partial charge in [-0.3, -0.25) is 0 Å². The molecule has 2 heteroatoms. The van der Waals surface area contributed by atoms with Gasteiger partial charge in [-0.05, 0) is 37.9 Å². The first-order valence-electron chi connectivity index (χ1n) is 6.54. The number of methoxy groups -OCH3 is 1. The average Bonchev–Trinajstić information content (AvgIpc) is 2.38. The molecule has 0 saturated heterocycles. The molecule has 1 unspecified atom stereocenters. The van der Waals surface area contributed by atoms with E-state index in [1.807, 2.05) is 0 Å². The SMILES string of the molecule is C#CCCCC(NCC)c1ccc(C)cc1OC. The summed E-state index contributed by atoms with van der Waals surface area (Å²) in [7, 11) is 1.72. The lowest BCUT2D eigenvalue weighted by atomic mass is 9.98. The second-order valence-electron chi connectivity index (χ2n) is 4.45. The summed E-state index contributed by atoms with van der Waals surface area (Å²) in [6.07, 6.45) is 8.21. The number of benzene rings is 1. The Bertz CT molecular complexity index is 406. The summed E-state index contributed by atoms with van der Waals surface area (Å²) >= 11 is 0. The Balaban J connectivity index is 2.87. The van der Waals surface area contributed by atoms with Gasteiger partial charge in [0.25, 0.3) is 0 Å². The van der Waals surface area contributed by atoms with Crippen LogP contribution in [0.5, 0.6) is 5.75 Å². The molecule has 1 N–H and O–H groups in total. The molecule has 1 aromatic rings. The van der Waals surface area contributed by atoms with Crippen LogP contribution in [0.3, 0.4) is 0 Å². The van der Waals surface area contributed by atoms with E-state index in [2.05, 4.69) is 43.3 Å². The van der Waals surface area contributed by atoms with E-state index in [0.717, 1.165) is 31.6 Å². The summed E-state index contributed by atoms with van der Waals surface area (Å²) in [5.41, 5.74) is 2.44. The van der Waals surface area contributed by atoms with Gasteiger partial charge in [-0.1, -0.05) is 19.1 Å². The standard InChI is InChI=1S/C16H23NO/c1-5-7-8-9-15(17-6-2)14-11-10-13(3)12-16(14)18-4/h1,10-12,15,17H,6-9H2,2-4H3. The van der Waals surface area contributed by atoms with Crippen LogP contribution in [0.1, 0.15) is 43.4 Å².